The van der Waals surface area contributed by atoms with E-state index in [-0.39, 0.29) is 5.76 Å². The van der Waals surface area contributed by atoms with Gasteiger partial charge in [-0.2, -0.15) is 0 Å². The van der Waals surface area contributed by atoms with Gasteiger partial charge in [0.2, 0.25) is 5.76 Å². The minimum atomic E-state index is -1.05. The Balaban J connectivity index is 1.90. The number of aryl methyl sites for hydroxylation is 1. The van der Waals surface area contributed by atoms with Crippen LogP contribution in [0.2, 0.25) is 0 Å². The third-order valence-corrected chi connectivity index (χ3v) is 2.35. The first-order valence-corrected chi connectivity index (χ1v) is 5.22. The third kappa shape index (κ3) is 2.76. The molecule has 2 N–H and O–H groups in total. The standard InChI is InChI=1S/C12H13NO4/c1-8-2-3-10(17-8)7-13-6-9-4-5-16-11(9)12(14)15/h2-5,13H,6-7H2,1H3,(H,14,15). The highest BCUT2D eigenvalue weighted by Gasteiger charge is 2.13. The summed E-state index contributed by atoms with van der Waals surface area (Å²) in [5.74, 6) is 0.605. The first kappa shape index (κ1) is 11.5. The van der Waals surface area contributed by atoms with Crippen LogP contribution in [0.25, 0.3) is 0 Å². The molecule has 0 saturated carbocycles. The molecule has 5 nitrogen and oxygen atoms in total. The Morgan fingerprint density at radius 1 is 1.35 bits per heavy atom. The molecule has 2 aromatic heterocycles. The number of hydrogen-bond acceptors (Lipinski definition) is 4. The van der Waals surface area contributed by atoms with Crippen LogP contribution < -0.4 is 5.32 Å². The summed E-state index contributed by atoms with van der Waals surface area (Å²) in [5.41, 5.74) is 0.626. The average molecular weight is 235 g/mol. The molecule has 17 heavy (non-hydrogen) atoms. The van der Waals surface area contributed by atoms with Gasteiger partial charge in [0.1, 0.15) is 11.5 Å². The fourth-order valence-electron chi connectivity index (χ4n) is 1.56. The summed E-state index contributed by atoms with van der Waals surface area (Å²) < 4.78 is 10.2. The molecule has 2 rings (SSSR count). The lowest BCUT2D eigenvalue weighted by atomic mass is 10.2. The summed E-state index contributed by atoms with van der Waals surface area (Å²) in [5, 5.41) is 11.9. The fourth-order valence-corrected chi connectivity index (χ4v) is 1.56. The van der Waals surface area contributed by atoms with Crippen molar-refractivity contribution in [3.05, 3.63) is 47.3 Å². The largest absolute Gasteiger partial charge is 0.475 e. The van der Waals surface area contributed by atoms with Crippen molar-refractivity contribution in [2.24, 2.45) is 0 Å². The molecule has 5 heteroatoms. The van der Waals surface area contributed by atoms with E-state index in [4.69, 9.17) is 13.9 Å². The maximum atomic E-state index is 10.8. The Kier molecular flexibility index (Phi) is 3.30. The monoisotopic (exact) mass is 235 g/mol. The third-order valence-electron chi connectivity index (χ3n) is 2.35. The molecule has 0 atom stereocenters. The molecule has 90 valence electrons. The van der Waals surface area contributed by atoms with E-state index in [0.717, 1.165) is 11.5 Å². The molecule has 0 aromatic carbocycles. The molecule has 0 amide bonds. The Morgan fingerprint density at radius 3 is 2.82 bits per heavy atom. The van der Waals surface area contributed by atoms with E-state index in [9.17, 15) is 4.79 Å². The van der Waals surface area contributed by atoms with E-state index in [1.807, 2.05) is 19.1 Å². The van der Waals surface area contributed by atoms with Gasteiger partial charge in [-0.15, -0.1) is 0 Å². The van der Waals surface area contributed by atoms with Crippen molar-refractivity contribution < 1.29 is 18.7 Å². The number of carboxylic acids is 1. The zero-order valence-electron chi connectivity index (χ0n) is 9.40. The summed E-state index contributed by atoms with van der Waals surface area (Å²) in [7, 11) is 0. The second-order valence-electron chi connectivity index (χ2n) is 3.70. The fraction of sp³-hybridized carbons (Fsp3) is 0.250. The molecule has 0 fully saturated rings. The summed E-state index contributed by atoms with van der Waals surface area (Å²) in [4.78, 5) is 10.8. The molecule has 0 aliphatic carbocycles. The maximum absolute atomic E-state index is 10.8. The molecule has 0 aliphatic rings. The maximum Gasteiger partial charge on any atom is 0.372 e. The van der Waals surface area contributed by atoms with Gasteiger partial charge in [0.25, 0.3) is 0 Å². The molecule has 0 spiro atoms. The van der Waals surface area contributed by atoms with Crippen LogP contribution >= 0.6 is 0 Å². The Labute approximate surface area is 98.0 Å². The highest BCUT2D eigenvalue weighted by molar-refractivity contribution is 5.86. The second kappa shape index (κ2) is 4.88. The molecule has 0 unspecified atom stereocenters. The van der Waals surface area contributed by atoms with E-state index < -0.39 is 5.97 Å². The first-order chi connectivity index (χ1) is 8.16. The summed E-state index contributed by atoms with van der Waals surface area (Å²) in [6.07, 6.45) is 1.37. The smallest absolute Gasteiger partial charge is 0.372 e. The van der Waals surface area contributed by atoms with Gasteiger partial charge in [-0.25, -0.2) is 4.79 Å². The number of carbonyl (C=O) groups is 1. The lowest BCUT2D eigenvalue weighted by Gasteiger charge is -2.01. The normalized spacial score (nSPS) is 10.6. The molecule has 0 radical (unpaired) electrons. The van der Waals surface area contributed by atoms with Crippen molar-refractivity contribution in [1.82, 2.24) is 5.32 Å². The number of furan rings is 2. The van der Waals surface area contributed by atoms with Crippen molar-refractivity contribution in [3.8, 4) is 0 Å². The molecule has 2 aromatic rings. The lowest BCUT2D eigenvalue weighted by Crippen LogP contribution is -2.13. The molecule has 0 bridgehead atoms. The van der Waals surface area contributed by atoms with Crippen LogP contribution in [0.15, 0.2) is 33.3 Å². The van der Waals surface area contributed by atoms with Crippen LogP contribution in [0.5, 0.6) is 0 Å². The predicted molar refractivity (Wildman–Crippen MR) is 59.7 cm³/mol. The van der Waals surface area contributed by atoms with Crippen molar-refractivity contribution >= 4 is 5.97 Å². The summed E-state index contributed by atoms with van der Waals surface area (Å²) in [6, 6.07) is 5.41. The van der Waals surface area contributed by atoms with Crippen LogP contribution in [0.1, 0.15) is 27.6 Å². The van der Waals surface area contributed by atoms with Gasteiger partial charge < -0.3 is 19.3 Å². The topological polar surface area (TPSA) is 75.6 Å². The van der Waals surface area contributed by atoms with Gasteiger partial charge in [-0.1, -0.05) is 0 Å². The van der Waals surface area contributed by atoms with Gasteiger partial charge >= 0.3 is 5.97 Å². The van der Waals surface area contributed by atoms with Crippen LogP contribution in [0, 0.1) is 6.92 Å². The number of rotatable bonds is 5. The molecule has 0 aliphatic heterocycles. The molecule has 0 saturated heterocycles. The van der Waals surface area contributed by atoms with Gasteiger partial charge in [0.15, 0.2) is 0 Å². The zero-order valence-corrected chi connectivity index (χ0v) is 9.40. The molecular formula is C12H13NO4. The van der Waals surface area contributed by atoms with E-state index in [2.05, 4.69) is 5.32 Å². The molecule has 2 heterocycles. The van der Waals surface area contributed by atoms with Gasteiger partial charge in [0.05, 0.1) is 12.8 Å². The summed E-state index contributed by atoms with van der Waals surface area (Å²) in [6.45, 7) is 2.86. The van der Waals surface area contributed by atoms with Crippen molar-refractivity contribution in [2.75, 3.05) is 0 Å². The van der Waals surface area contributed by atoms with E-state index in [0.29, 0.717) is 18.7 Å². The summed E-state index contributed by atoms with van der Waals surface area (Å²) >= 11 is 0. The van der Waals surface area contributed by atoms with Crippen LogP contribution in [0.4, 0.5) is 0 Å². The Hall–Kier alpha value is -2.01. The molecular weight excluding hydrogens is 222 g/mol. The van der Waals surface area contributed by atoms with Crippen molar-refractivity contribution in [3.63, 3.8) is 0 Å². The van der Waals surface area contributed by atoms with Crippen LogP contribution in [-0.4, -0.2) is 11.1 Å². The lowest BCUT2D eigenvalue weighted by molar-refractivity contribution is 0.0660. The first-order valence-electron chi connectivity index (χ1n) is 5.22. The number of hydrogen-bond donors (Lipinski definition) is 2. The SMILES string of the molecule is Cc1ccc(CNCc2ccoc2C(=O)O)o1. The van der Waals surface area contributed by atoms with Crippen molar-refractivity contribution in [1.29, 1.82) is 0 Å². The van der Waals surface area contributed by atoms with Crippen LogP contribution in [0.3, 0.4) is 0 Å². The van der Waals surface area contributed by atoms with E-state index in [1.54, 1.807) is 6.07 Å². The number of nitrogens with one attached hydrogen (secondary N) is 1. The van der Waals surface area contributed by atoms with Crippen molar-refractivity contribution in [2.45, 2.75) is 20.0 Å². The highest BCUT2D eigenvalue weighted by Crippen LogP contribution is 2.11. The quantitative estimate of drug-likeness (QED) is 0.830. The van der Waals surface area contributed by atoms with Gasteiger partial charge in [0, 0.05) is 12.1 Å². The van der Waals surface area contributed by atoms with E-state index >= 15 is 0 Å². The minimum Gasteiger partial charge on any atom is -0.475 e. The highest BCUT2D eigenvalue weighted by atomic mass is 16.4. The second-order valence-corrected chi connectivity index (χ2v) is 3.70. The number of aromatic carboxylic acids is 1. The Bertz CT molecular complexity index is 512. The van der Waals surface area contributed by atoms with Gasteiger partial charge in [-0.05, 0) is 25.1 Å². The average Bonchev–Trinajstić information content (AvgIpc) is 2.87. The Morgan fingerprint density at radius 2 is 2.18 bits per heavy atom. The zero-order chi connectivity index (χ0) is 12.3. The number of carboxylic acid groups (broad SMARTS) is 1. The van der Waals surface area contributed by atoms with Crippen LogP contribution in [-0.2, 0) is 13.1 Å². The minimum absolute atomic E-state index is 0.0203. The van der Waals surface area contributed by atoms with Gasteiger partial charge in [-0.3, -0.25) is 0 Å². The predicted octanol–water partition coefficient (Wildman–Crippen LogP) is 2.17. The van der Waals surface area contributed by atoms with E-state index in [1.165, 1.54) is 6.26 Å².